The van der Waals surface area contributed by atoms with Crippen LogP contribution in [-0.2, 0) is 13.0 Å². The second kappa shape index (κ2) is 11.1. The van der Waals surface area contributed by atoms with E-state index in [0.29, 0.717) is 51.3 Å². The molecule has 4 aromatic rings. The third-order valence-electron chi connectivity index (χ3n) is 5.14. The van der Waals surface area contributed by atoms with Gasteiger partial charge in [-0.15, -0.1) is 0 Å². The lowest BCUT2D eigenvalue weighted by Crippen LogP contribution is -2.22. The molecular weight excluding hydrogens is 581 g/mol. The second-order valence-corrected chi connectivity index (χ2v) is 9.35. The van der Waals surface area contributed by atoms with Crippen LogP contribution in [0.3, 0.4) is 0 Å². The molecule has 1 aromatic heterocycles. The predicted octanol–water partition coefficient (Wildman–Crippen LogP) is 6.48. The van der Waals surface area contributed by atoms with E-state index in [9.17, 15) is 9.18 Å². The highest BCUT2D eigenvalue weighted by Gasteiger charge is 2.13. The molecule has 0 N–H and O–H groups in total. The fourth-order valence-electron chi connectivity index (χ4n) is 3.47. The Morgan fingerprint density at radius 2 is 1.83 bits per heavy atom. The highest BCUT2D eigenvalue weighted by Crippen LogP contribution is 2.37. The molecular formula is C26H22Br2FN3O3. The minimum atomic E-state index is -0.298. The molecule has 0 amide bonds. The summed E-state index contributed by atoms with van der Waals surface area (Å²) < 4.78 is 27.7. The molecule has 0 saturated heterocycles. The van der Waals surface area contributed by atoms with Crippen molar-refractivity contribution in [3.05, 3.63) is 96.7 Å². The van der Waals surface area contributed by atoms with Crippen molar-refractivity contribution in [1.29, 1.82) is 0 Å². The van der Waals surface area contributed by atoms with Crippen LogP contribution in [0.5, 0.6) is 11.5 Å². The molecule has 0 bridgehead atoms. The Bertz CT molecular complexity index is 1450. The number of nitrogens with zero attached hydrogens (tertiary/aromatic N) is 3. The Morgan fingerprint density at radius 1 is 1.06 bits per heavy atom. The maximum Gasteiger partial charge on any atom is 0.282 e. The summed E-state index contributed by atoms with van der Waals surface area (Å²) in [4.78, 5) is 17.7. The number of fused-ring (bicyclic) bond motifs is 1. The molecule has 9 heteroatoms. The molecule has 0 saturated carbocycles. The van der Waals surface area contributed by atoms with Crippen LogP contribution in [0.25, 0.3) is 10.9 Å². The average molecular weight is 603 g/mol. The van der Waals surface area contributed by atoms with Gasteiger partial charge in [-0.25, -0.2) is 9.37 Å². The standard InChI is InChI=1S/C26H22Br2FN3O3/c1-3-24-31-22-10-7-18(27)13-20(22)26(33)32(24)30-14-17-11-21(28)25(23(12-17)34-4-2)35-15-16-5-8-19(29)9-6-16/h5-14H,3-4,15H2,1-2H3. The summed E-state index contributed by atoms with van der Waals surface area (Å²) in [6, 6.07) is 15.2. The smallest absolute Gasteiger partial charge is 0.282 e. The molecule has 6 nitrogen and oxygen atoms in total. The Labute approximate surface area is 218 Å². The van der Waals surface area contributed by atoms with Crippen molar-refractivity contribution in [3.63, 3.8) is 0 Å². The summed E-state index contributed by atoms with van der Waals surface area (Å²) in [6.45, 7) is 4.49. The number of hydrogen-bond acceptors (Lipinski definition) is 5. The molecule has 0 aliphatic carbocycles. The molecule has 180 valence electrons. The fraction of sp³-hybridized carbons (Fsp3) is 0.192. The van der Waals surface area contributed by atoms with Gasteiger partial charge >= 0.3 is 0 Å². The molecule has 0 radical (unpaired) electrons. The van der Waals surface area contributed by atoms with Crippen LogP contribution in [0.15, 0.2) is 73.4 Å². The van der Waals surface area contributed by atoms with Gasteiger partial charge < -0.3 is 9.47 Å². The van der Waals surface area contributed by atoms with E-state index in [1.807, 2.05) is 32.0 Å². The Hall–Kier alpha value is -3.04. The van der Waals surface area contributed by atoms with E-state index in [1.165, 1.54) is 16.8 Å². The first-order valence-corrected chi connectivity index (χ1v) is 12.6. The lowest BCUT2D eigenvalue weighted by molar-refractivity contribution is 0.267. The average Bonchev–Trinajstić information content (AvgIpc) is 2.84. The minimum absolute atomic E-state index is 0.243. The number of ether oxygens (including phenoxy) is 2. The van der Waals surface area contributed by atoms with E-state index in [4.69, 9.17) is 9.47 Å². The summed E-state index contributed by atoms with van der Waals surface area (Å²) >= 11 is 6.96. The van der Waals surface area contributed by atoms with Gasteiger partial charge in [0, 0.05) is 10.9 Å². The monoisotopic (exact) mass is 601 g/mol. The van der Waals surface area contributed by atoms with Crippen LogP contribution in [0.1, 0.15) is 30.8 Å². The molecule has 0 aliphatic rings. The van der Waals surface area contributed by atoms with Crippen LogP contribution >= 0.6 is 31.9 Å². The topological polar surface area (TPSA) is 65.7 Å². The Kier molecular flexibility index (Phi) is 7.97. The fourth-order valence-corrected chi connectivity index (χ4v) is 4.40. The van der Waals surface area contributed by atoms with E-state index in [2.05, 4.69) is 41.9 Å². The lowest BCUT2D eigenvalue weighted by Gasteiger charge is -2.15. The third kappa shape index (κ3) is 5.79. The van der Waals surface area contributed by atoms with Crippen LogP contribution in [-0.4, -0.2) is 22.5 Å². The number of aryl methyl sites for hydroxylation is 1. The highest BCUT2D eigenvalue weighted by molar-refractivity contribution is 9.10. The Morgan fingerprint density at radius 3 is 2.54 bits per heavy atom. The molecule has 0 atom stereocenters. The normalized spacial score (nSPS) is 11.3. The summed E-state index contributed by atoms with van der Waals surface area (Å²) in [7, 11) is 0. The first kappa shape index (κ1) is 25.1. The number of rotatable bonds is 8. The van der Waals surface area contributed by atoms with Crippen LogP contribution in [0.2, 0.25) is 0 Å². The molecule has 3 aromatic carbocycles. The number of aromatic nitrogens is 2. The molecule has 0 aliphatic heterocycles. The van der Waals surface area contributed by atoms with Gasteiger partial charge in [-0.3, -0.25) is 4.79 Å². The van der Waals surface area contributed by atoms with E-state index in [1.54, 1.807) is 30.5 Å². The summed E-state index contributed by atoms with van der Waals surface area (Å²) in [5.41, 5.74) is 1.92. The van der Waals surface area contributed by atoms with Gasteiger partial charge in [-0.2, -0.15) is 9.78 Å². The van der Waals surface area contributed by atoms with E-state index in [0.717, 1.165) is 10.0 Å². The summed E-state index contributed by atoms with van der Waals surface area (Å²) in [5, 5.41) is 4.93. The first-order valence-electron chi connectivity index (χ1n) is 11.0. The quantitative estimate of drug-likeness (QED) is 0.216. The summed E-state index contributed by atoms with van der Waals surface area (Å²) in [5.74, 6) is 1.31. The SMILES string of the molecule is CCOc1cc(C=Nn2c(CC)nc3ccc(Br)cc3c2=O)cc(Br)c1OCc1ccc(F)cc1. The van der Waals surface area contributed by atoms with Gasteiger partial charge in [0.2, 0.25) is 0 Å². The molecule has 0 spiro atoms. The molecule has 0 fully saturated rings. The maximum atomic E-state index is 13.2. The van der Waals surface area contributed by atoms with Crippen molar-refractivity contribution in [3.8, 4) is 11.5 Å². The number of benzene rings is 3. The number of hydrogen-bond donors (Lipinski definition) is 0. The second-order valence-electron chi connectivity index (χ2n) is 7.58. The zero-order chi connectivity index (χ0) is 24.9. The van der Waals surface area contributed by atoms with Gasteiger partial charge in [-0.05, 0) is 76.4 Å². The maximum absolute atomic E-state index is 13.2. The van der Waals surface area contributed by atoms with Gasteiger partial charge in [0.1, 0.15) is 18.2 Å². The van der Waals surface area contributed by atoms with Crippen LogP contribution < -0.4 is 15.0 Å². The first-order chi connectivity index (χ1) is 16.9. The van der Waals surface area contributed by atoms with Gasteiger partial charge in [0.15, 0.2) is 11.5 Å². The third-order valence-corrected chi connectivity index (χ3v) is 6.22. The van der Waals surface area contributed by atoms with Crippen molar-refractivity contribution in [2.24, 2.45) is 5.10 Å². The zero-order valence-electron chi connectivity index (χ0n) is 19.1. The van der Waals surface area contributed by atoms with Gasteiger partial charge in [0.25, 0.3) is 5.56 Å². The lowest BCUT2D eigenvalue weighted by atomic mass is 10.2. The Balaban J connectivity index is 1.67. The van der Waals surface area contributed by atoms with Crippen molar-refractivity contribution in [2.45, 2.75) is 26.9 Å². The van der Waals surface area contributed by atoms with E-state index >= 15 is 0 Å². The van der Waals surface area contributed by atoms with Crippen molar-refractivity contribution in [2.75, 3.05) is 6.61 Å². The number of halogens is 3. The van der Waals surface area contributed by atoms with Crippen LogP contribution in [0, 0.1) is 5.82 Å². The summed E-state index contributed by atoms with van der Waals surface area (Å²) in [6.07, 6.45) is 2.13. The van der Waals surface area contributed by atoms with E-state index in [-0.39, 0.29) is 18.0 Å². The van der Waals surface area contributed by atoms with E-state index < -0.39 is 0 Å². The minimum Gasteiger partial charge on any atom is -0.490 e. The van der Waals surface area contributed by atoms with Gasteiger partial charge in [-0.1, -0.05) is 35.0 Å². The molecule has 0 unspecified atom stereocenters. The van der Waals surface area contributed by atoms with Crippen molar-refractivity contribution < 1.29 is 13.9 Å². The zero-order valence-corrected chi connectivity index (χ0v) is 22.3. The molecule has 4 rings (SSSR count). The molecule has 1 heterocycles. The predicted molar refractivity (Wildman–Crippen MR) is 142 cm³/mol. The molecule has 35 heavy (non-hydrogen) atoms. The van der Waals surface area contributed by atoms with Crippen molar-refractivity contribution in [1.82, 2.24) is 9.66 Å². The van der Waals surface area contributed by atoms with Crippen molar-refractivity contribution >= 4 is 49.0 Å². The van der Waals surface area contributed by atoms with Gasteiger partial charge in [0.05, 0.1) is 28.2 Å². The van der Waals surface area contributed by atoms with Crippen LogP contribution in [0.4, 0.5) is 4.39 Å². The largest absolute Gasteiger partial charge is 0.490 e. The highest BCUT2D eigenvalue weighted by atomic mass is 79.9.